The lowest BCUT2D eigenvalue weighted by Crippen LogP contribution is -2.66. The van der Waals surface area contributed by atoms with Gasteiger partial charge < -0.3 is 79.7 Å². The van der Waals surface area contributed by atoms with Gasteiger partial charge in [0, 0.05) is 25.8 Å². The van der Waals surface area contributed by atoms with E-state index in [-0.39, 0.29) is 46.4 Å². The van der Waals surface area contributed by atoms with Crippen molar-refractivity contribution in [2.24, 2.45) is 52.3 Å². The molecule has 18 heteroatoms. The number of hydrogen-bond acceptors (Lipinski definition) is 17. The van der Waals surface area contributed by atoms with Gasteiger partial charge in [0.05, 0.1) is 31.5 Å². The van der Waals surface area contributed by atoms with Crippen molar-refractivity contribution in [2.75, 3.05) is 19.8 Å². The second kappa shape index (κ2) is 20.2. The lowest BCUT2D eigenvalue weighted by molar-refractivity contribution is -0.383. The molecule has 7 rings (SSSR count). The van der Waals surface area contributed by atoms with E-state index >= 15 is 0 Å². The van der Waals surface area contributed by atoms with E-state index < -0.39 is 105 Å². The van der Waals surface area contributed by atoms with E-state index in [0.29, 0.717) is 55.9 Å². The van der Waals surface area contributed by atoms with Crippen LogP contribution in [0.3, 0.4) is 0 Å². The number of rotatable bonds is 14. The summed E-state index contributed by atoms with van der Waals surface area (Å²) in [6, 6.07) is 0. The third-order valence-corrected chi connectivity index (χ3v) is 17.3. The molecule has 7 aliphatic rings. The van der Waals surface area contributed by atoms with E-state index in [0.717, 1.165) is 38.5 Å². The van der Waals surface area contributed by atoms with Crippen molar-refractivity contribution in [3.05, 3.63) is 0 Å². The predicted molar refractivity (Wildman–Crippen MR) is 224 cm³/mol. The van der Waals surface area contributed by atoms with Crippen molar-refractivity contribution >= 4 is 11.7 Å². The molecule has 7 fully saturated rings. The van der Waals surface area contributed by atoms with Crippen molar-refractivity contribution in [1.82, 2.24) is 5.32 Å². The number of ether oxygens (including phenoxy) is 6. The lowest BCUT2D eigenvalue weighted by Gasteiger charge is -2.61. The molecule has 3 aliphatic heterocycles. The van der Waals surface area contributed by atoms with Gasteiger partial charge in [-0.15, -0.1) is 0 Å². The van der Waals surface area contributed by atoms with Gasteiger partial charge in [0.1, 0.15) is 66.8 Å². The highest BCUT2D eigenvalue weighted by atomic mass is 16.8. The minimum Gasteiger partial charge on any atom is -0.394 e. The molecular weight excluding hydrogens is 838 g/mol. The fourth-order valence-corrected chi connectivity index (χ4v) is 13.5. The molecule has 18 nitrogen and oxygen atoms in total. The smallest absolute Gasteiger partial charge is 0.216 e. The molecule has 368 valence electrons. The molecule has 4 aliphatic carbocycles. The number of amides is 1. The zero-order chi connectivity index (χ0) is 46.6. The summed E-state index contributed by atoms with van der Waals surface area (Å²) in [4.78, 5) is 25.0. The number of ketones is 1. The van der Waals surface area contributed by atoms with Crippen LogP contribution in [0.1, 0.15) is 106 Å². The highest BCUT2D eigenvalue weighted by Gasteiger charge is 2.64. The Bertz CT molecular complexity index is 1590. The molecular formula is C46H77NO17. The summed E-state index contributed by atoms with van der Waals surface area (Å²) < 4.78 is 35.5. The normalized spacial score (nSPS) is 50.4. The van der Waals surface area contributed by atoms with Gasteiger partial charge in [0.2, 0.25) is 5.91 Å². The summed E-state index contributed by atoms with van der Waals surface area (Å²) in [5, 5.41) is 100. The Morgan fingerprint density at radius 1 is 0.734 bits per heavy atom. The van der Waals surface area contributed by atoms with E-state index in [9.17, 15) is 55.5 Å². The van der Waals surface area contributed by atoms with Crippen molar-refractivity contribution in [3.8, 4) is 0 Å². The van der Waals surface area contributed by atoms with Crippen LogP contribution in [-0.2, 0) is 38.0 Å². The molecule has 0 aromatic heterocycles. The summed E-state index contributed by atoms with van der Waals surface area (Å²) >= 11 is 0. The van der Waals surface area contributed by atoms with Gasteiger partial charge in [-0.3, -0.25) is 9.59 Å². The monoisotopic (exact) mass is 916 g/mol. The van der Waals surface area contributed by atoms with Crippen molar-refractivity contribution in [1.29, 1.82) is 0 Å². The lowest BCUT2D eigenvalue weighted by atomic mass is 9.44. The molecule has 1 amide bonds. The van der Waals surface area contributed by atoms with Crippen LogP contribution in [0.5, 0.6) is 0 Å². The summed E-state index contributed by atoms with van der Waals surface area (Å²) in [6.07, 6.45) is -13.6. The topological polar surface area (TPSA) is 284 Å². The highest BCUT2D eigenvalue weighted by molar-refractivity contribution is 5.81. The molecule has 4 saturated carbocycles. The maximum atomic E-state index is 13.6. The molecule has 10 N–H and O–H groups in total. The molecule has 3 saturated heterocycles. The van der Waals surface area contributed by atoms with Crippen LogP contribution in [0.2, 0.25) is 0 Å². The molecule has 0 aromatic rings. The van der Waals surface area contributed by atoms with Crippen LogP contribution in [-0.4, -0.2) is 176 Å². The average molecular weight is 916 g/mol. The van der Waals surface area contributed by atoms with E-state index in [4.69, 9.17) is 28.4 Å². The van der Waals surface area contributed by atoms with E-state index in [1.807, 2.05) is 13.8 Å². The Labute approximate surface area is 376 Å². The molecule has 0 spiro atoms. The molecule has 0 bridgehead atoms. The van der Waals surface area contributed by atoms with Crippen LogP contribution < -0.4 is 5.32 Å². The van der Waals surface area contributed by atoms with Crippen LogP contribution in [0.25, 0.3) is 0 Å². The number of fused-ring (bicyclic) bond motifs is 5. The van der Waals surface area contributed by atoms with Crippen LogP contribution in [0, 0.1) is 52.3 Å². The zero-order valence-corrected chi connectivity index (χ0v) is 38.3. The molecule has 3 heterocycles. The molecule has 25 atom stereocenters. The first-order valence-corrected chi connectivity index (χ1v) is 23.9. The number of carbonyl (C=O) groups is 2. The molecule has 64 heavy (non-hydrogen) atoms. The molecule has 4 unspecified atom stereocenters. The number of hydrogen-bond donors (Lipinski definition) is 10. The van der Waals surface area contributed by atoms with Gasteiger partial charge in [-0.05, 0) is 111 Å². The number of carbonyl (C=O) groups excluding carboxylic acids is 2. The summed E-state index contributed by atoms with van der Waals surface area (Å²) in [7, 11) is 0. The number of nitrogens with one attached hydrogen (secondary N) is 1. The first-order chi connectivity index (χ1) is 30.2. The Balaban J connectivity index is 0.954. The van der Waals surface area contributed by atoms with Crippen molar-refractivity contribution in [2.45, 2.75) is 204 Å². The van der Waals surface area contributed by atoms with Crippen LogP contribution >= 0.6 is 0 Å². The Kier molecular flexibility index (Phi) is 16.0. The van der Waals surface area contributed by atoms with Gasteiger partial charge in [-0.25, -0.2) is 0 Å². The number of aliphatic hydroxyl groups is 9. The Morgan fingerprint density at radius 3 is 2.11 bits per heavy atom. The van der Waals surface area contributed by atoms with Crippen LogP contribution in [0.15, 0.2) is 0 Å². The first kappa shape index (κ1) is 50.4. The SMILES string of the molecule is CC(=O)NCC(C)CCC(=O)C(C)C1[C@H](O)C[C@H]2[C@@H]3CCC4C[C@@H](O[C@@H]5O[C@H](CO)[C@@H](O[C@@H]6O[C@H](C)[C@H](O)[C@@H](O)[C@H]6O[C@@H]6OC[C@@H](O)[C@H](O)[C@H]6O)[C@H](O)[C@H]5O)CC[C@]4(C)[C@H]3CC[C@]12C. The third kappa shape index (κ3) is 9.73. The van der Waals surface area contributed by atoms with Crippen LogP contribution in [0.4, 0.5) is 0 Å². The van der Waals surface area contributed by atoms with Gasteiger partial charge in [0.25, 0.3) is 0 Å². The second-order valence-corrected chi connectivity index (χ2v) is 21.2. The number of aliphatic hydroxyl groups excluding tert-OH is 9. The predicted octanol–water partition coefficient (Wildman–Crippen LogP) is -0.126. The zero-order valence-electron chi connectivity index (χ0n) is 38.3. The fraction of sp³-hybridized carbons (Fsp3) is 0.957. The Hall–Kier alpha value is -1.46. The standard InChI is InChI=1S/C46H77NO17/c1-20(17-47-23(4)49)7-10-29(50)21(2)33-30(51)16-28-26-9-8-24-15-25(11-13-45(24,5)27(26)12-14-46(28,33)6)61-43-39(58)37(56)40(32(18-48)62-43)63-44-41(36(55)34(53)22(3)60-44)64-42-38(57)35(54)31(52)19-59-42/h20-22,24-28,30-44,48,51-58H,7-19H2,1-6H3,(H,47,49)/t20?,21?,22-,24?,25+,26-,27+,28+,30-,31-,32-,33?,34+,35+,36-,37-,38-,39-,40-,41-,42+,43-,44+,45+,46+/m1/s1. The largest absolute Gasteiger partial charge is 0.394 e. The summed E-state index contributed by atoms with van der Waals surface area (Å²) in [6.45, 7) is 11.2. The first-order valence-electron chi connectivity index (χ1n) is 23.9. The summed E-state index contributed by atoms with van der Waals surface area (Å²) in [5.41, 5.74) is -0.112. The second-order valence-electron chi connectivity index (χ2n) is 21.2. The van der Waals surface area contributed by atoms with Gasteiger partial charge >= 0.3 is 0 Å². The summed E-state index contributed by atoms with van der Waals surface area (Å²) in [5.74, 6) is 1.48. The van der Waals surface area contributed by atoms with E-state index in [2.05, 4.69) is 19.2 Å². The maximum absolute atomic E-state index is 13.6. The third-order valence-electron chi connectivity index (χ3n) is 17.3. The minimum atomic E-state index is -1.73. The minimum absolute atomic E-state index is 0.0290. The fourth-order valence-electron chi connectivity index (χ4n) is 13.5. The molecule has 0 radical (unpaired) electrons. The average Bonchev–Trinajstić information content (AvgIpc) is 3.54. The molecule has 0 aromatic carbocycles. The van der Waals surface area contributed by atoms with E-state index in [1.165, 1.54) is 13.8 Å². The number of Topliss-reactive ketones (excluding diaryl/α,β-unsaturated/α-hetero) is 1. The van der Waals surface area contributed by atoms with Crippen molar-refractivity contribution in [3.63, 3.8) is 0 Å². The maximum Gasteiger partial charge on any atom is 0.216 e. The van der Waals surface area contributed by atoms with Crippen molar-refractivity contribution < 1.29 is 84.0 Å². The van der Waals surface area contributed by atoms with Gasteiger partial charge in [-0.1, -0.05) is 27.7 Å². The quantitative estimate of drug-likeness (QED) is 0.102. The van der Waals surface area contributed by atoms with E-state index in [1.54, 1.807) is 0 Å². The Morgan fingerprint density at radius 2 is 1.41 bits per heavy atom. The highest BCUT2D eigenvalue weighted by Crippen LogP contribution is 2.68. The van der Waals surface area contributed by atoms with Gasteiger partial charge in [0.15, 0.2) is 18.9 Å². The van der Waals surface area contributed by atoms with Gasteiger partial charge in [-0.2, -0.15) is 0 Å².